The van der Waals surface area contributed by atoms with Crippen molar-refractivity contribution in [3.63, 3.8) is 0 Å². The van der Waals surface area contributed by atoms with E-state index in [1.807, 2.05) is 6.07 Å². The molecule has 2 aromatic rings. The van der Waals surface area contributed by atoms with Crippen molar-refractivity contribution < 1.29 is 15.0 Å². The van der Waals surface area contributed by atoms with E-state index in [1.54, 1.807) is 19.1 Å². The highest BCUT2D eigenvalue weighted by molar-refractivity contribution is 6.42. The van der Waals surface area contributed by atoms with Crippen LogP contribution in [0.3, 0.4) is 0 Å². The first-order valence-corrected chi connectivity index (χ1v) is 9.61. The highest BCUT2D eigenvalue weighted by atomic mass is 35.5. The zero-order valence-electron chi connectivity index (χ0n) is 15.5. The molecule has 0 aliphatic rings. The van der Waals surface area contributed by atoms with E-state index in [2.05, 4.69) is 16.2 Å². The predicted octanol–water partition coefficient (Wildman–Crippen LogP) is 3.30. The van der Waals surface area contributed by atoms with Crippen LogP contribution in [0, 0.1) is 18.3 Å². The molecule has 154 valence electrons. The zero-order chi connectivity index (χ0) is 21.7. The number of hydrogen-bond donors (Lipinski definition) is 5. The Hall–Kier alpha value is -2.05. The van der Waals surface area contributed by atoms with Crippen molar-refractivity contribution in [3.05, 3.63) is 62.1 Å². The number of hydrazine groups is 1. The SMILES string of the molecule is Cc1c(N[C@@H](C(=O)NNC(O)c2ccc(Cl)c(Cl)c2)[C@@H](C)O)ccc(C#N)c1Cl. The van der Waals surface area contributed by atoms with E-state index >= 15 is 0 Å². The first kappa shape index (κ1) is 23.2. The van der Waals surface area contributed by atoms with Gasteiger partial charge in [-0.3, -0.25) is 10.2 Å². The van der Waals surface area contributed by atoms with Gasteiger partial charge >= 0.3 is 0 Å². The van der Waals surface area contributed by atoms with Crippen LogP contribution in [0.1, 0.15) is 29.8 Å². The van der Waals surface area contributed by atoms with Crippen LogP contribution in [0.25, 0.3) is 0 Å². The minimum absolute atomic E-state index is 0.257. The van der Waals surface area contributed by atoms with E-state index in [9.17, 15) is 15.0 Å². The van der Waals surface area contributed by atoms with Gasteiger partial charge in [0.05, 0.1) is 26.7 Å². The molecule has 10 heteroatoms. The Morgan fingerprint density at radius 1 is 1.14 bits per heavy atom. The third-order valence-corrected chi connectivity index (χ3v) is 5.40. The molecule has 5 N–H and O–H groups in total. The van der Waals surface area contributed by atoms with Crippen LogP contribution in [0.15, 0.2) is 30.3 Å². The Morgan fingerprint density at radius 3 is 2.41 bits per heavy atom. The molecule has 0 radical (unpaired) electrons. The van der Waals surface area contributed by atoms with Gasteiger partial charge in [0.1, 0.15) is 18.3 Å². The van der Waals surface area contributed by atoms with Crippen molar-refractivity contribution >= 4 is 46.4 Å². The number of nitriles is 1. The quantitative estimate of drug-likeness (QED) is 0.322. The average molecular weight is 458 g/mol. The summed E-state index contributed by atoms with van der Waals surface area (Å²) in [7, 11) is 0. The molecule has 1 unspecified atom stereocenters. The molecule has 3 atom stereocenters. The predicted molar refractivity (Wildman–Crippen MR) is 113 cm³/mol. The van der Waals surface area contributed by atoms with Gasteiger partial charge in [0, 0.05) is 5.69 Å². The van der Waals surface area contributed by atoms with Gasteiger partial charge in [0.25, 0.3) is 5.91 Å². The molecule has 1 amide bonds. The Kier molecular flexibility index (Phi) is 8.11. The summed E-state index contributed by atoms with van der Waals surface area (Å²) >= 11 is 17.9. The van der Waals surface area contributed by atoms with E-state index in [0.29, 0.717) is 27.4 Å². The van der Waals surface area contributed by atoms with Crippen molar-refractivity contribution in [2.24, 2.45) is 0 Å². The van der Waals surface area contributed by atoms with Crippen LogP contribution in [0.2, 0.25) is 15.1 Å². The summed E-state index contributed by atoms with van der Waals surface area (Å²) in [4.78, 5) is 12.5. The molecular weight excluding hydrogens is 439 g/mol. The van der Waals surface area contributed by atoms with E-state index in [4.69, 9.17) is 40.1 Å². The summed E-state index contributed by atoms with van der Waals surface area (Å²) in [5.74, 6) is -0.626. The maximum atomic E-state index is 12.5. The molecule has 0 heterocycles. The van der Waals surface area contributed by atoms with Gasteiger partial charge in [-0.1, -0.05) is 40.9 Å². The van der Waals surface area contributed by atoms with Crippen LogP contribution in [0.5, 0.6) is 0 Å². The van der Waals surface area contributed by atoms with Crippen molar-refractivity contribution in [1.29, 1.82) is 5.26 Å². The largest absolute Gasteiger partial charge is 0.391 e. The molecule has 0 saturated carbocycles. The van der Waals surface area contributed by atoms with E-state index < -0.39 is 24.3 Å². The molecule has 2 aromatic carbocycles. The molecule has 0 saturated heterocycles. The molecule has 29 heavy (non-hydrogen) atoms. The van der Waals surface area contributed by atoms with Crippen molar-refractivity contribution in [2.45, 2.75) is 32.2 Å². The average Bonchev–Trinajstić information content (AvgIpc) is 2.68. The first-order valence-electron chi connectivity index (χ1n) is 8.48. The van der Waals surface area contributed by atoms with Gasteiger partial charge in [0.2, 0.25) is 0 Å². The van der Waals surface area contributed by atoms with Crippen LogP contribution in [-0.4, -0.2) is 28.3 Å². The topological polar surface area (TPSA) is 117 Å². The summed E-state index contributed by atoms with van der Waals surface area (Å²) in [6.07, 6.45) is -2.33. The number of nitrogens with one attached hydrogen (secondary N) is 3. The lowest BCUT2D eigenvalue weighted by Gasteiger charge is -2.24. The molecule has 0 spiro atoms. The zero-order valence-corrected chi connectivity index (χ0v) is 17.8. The Labute approximate surface area is 183 Å². The smallest absolute Gasteiger partial charge is 0.259 e. The van der Waals surface area contributed by atoms with E-state index in [1.165, 1.54) is 25.1 Å². The normalized spacial score (nSPS) is 13.9. The standard InChI is InChI=1S/C19H19Cl3N4O3/c1-9-15(6-4-12(8-23)16(9)22)24-17(10(2)27)19(29)26-25-18(28)11-3-5-13(20)14(21)7-11/h3-7,10,17-18,24-25,27-28H,1-2H3,(H,26,29)/t10-,17-,18?/m1/s1. The maximum Gasteiger partial charge on any atom is 0.259 e. The minimum Gasteiger partial charge on any atom is -0.391 e. The van der Waals surface area contributed by atoms with E-state index in [0.717, 1.165) is 0 Å². The number of benzene rings is 2. The van der Waals surface area contributed by atoms with Crippen LogP contribution >= 0.6 is 34.8 Å². The molecule has 0 fully saturated rings. The lowest BCUT2D eigenvalue weighted by molar-refractivity contribution is -0.126. The molecule has 7 nitrogen and oxygen atoms in total. The Bertz CT molecular complexity index is 947. The number of hydrogen-bond acceptors (Lipinski definition) is 6. The highest BCUT2D eigenvalue weighted by Gasteiger charge is 2.25. The molecule has 2 rings (SSSR count). The molecule has 0 aromatic heterocycles. The molecule has 0 aliphatic heterocycles. The fraction of sp³-hybridized carbons (Fsp3) is 0.263. The second kappa shape index (κ2) is 10.1. The lowest BCUT2D eigenvalue weighted by Crippen LogP contribution is -2.51. The van der Waals surface area contributed by atoms with Gasteiger partial charge in [-0.25, -0.2) is 5.43 Å². The molecule has 0 bridgehead atoms. The van der Waals surface area contributed by atoms with Gasteiger partial charge < -0.3 is 15.5 Å². The van der Waals surface area contributed by atoms with Crippen molar-refractivity contribution in [3.8, 4) is 6.07 Å². The van der Waals surface area contributed by atoms with Gasteiger partial charge in [-0.15, -0.1) is 0 Å². The minimum atomic E-state index is -1.26. The number of rotatable bonds is 7. The number of aliphatic hydroxyl groups is 2. The second-order valence-corrected chi connectivity index (χ2v) is 7.48. The van der Waals surface area contributed by atoms with Crippen molar-refractivity contribution in [2.75, 3.05) is 5.32 Å². The number of nitrogens with zero attached hydrogens (tertiary/aromatic N) is 1. The number of carbonyl (C=O) groups is 1. The summed E-state index contributed by atoms with van der Waals surface area (Å²) in [5, 5.41) is 33.0. The summed E-state index contributed by atoms with van der Waals surface area (Å²) in [6.45, 7) is 3.13. The van der Waals surface area contributed by atoms with Gasteiger partial charge in [0.15, 0.2) is 0 Å². The lowest BCUT2D eigenvalue weighted by atomic mass is 10.1. The fourth-order valence-electron chi connectivity index (χ4n) is 2.48. The highest BCUT2D eigenvalue weighted by Crippen LogP contribution is 2.28. The number of carbonyl (C=O) groups excluding carboxylic acids is 1. The van der Waals surface area contributed by atoms with Crippen LogP contribution < -0.4 is 16.2 Å². The summed E-state index contributed by atoms with van der Waals surface area (Å²) < 4.78 is 0. The summed E-state index contributed by atoms with van der Waals surface area (Å²) in [6, 6.07) is 8.54. The first-order chi connectivity index (χ1) is 13.6. The second-order valence-electron chi connectivity index (χ2n) is 6.28. The van der Waals surface area contributed by atoms with Crippen LogP contribution in [0.4, 0.5) is 5.69 Å². The van der Waals surface area contributed by atoms with E-state index in [-0.39, 0.29) is 10.0 Å². The monoisotopic (exact) mass is 456 g/mol. The third kappa shape index (κ3) is 5.73. The fourth-order valence-corrected chi connectivity index (χ4v) is 3.00. The number of amides is 1. The van der Waals surface area contributed by atoms with Gasteiger partial charge in [-0.2, -0.15) is 5.26 Å². The third-order valence-electron chi connectivity index (χ3n) is 4.17. The van der Waals surface area contributed by atoms with Gasteiger partial charge in [-0.05, 0) is 49.2 Å². The van der Waals surface area contributed by atoms with Crippen LogP contribution in [-0.2, 0) is 4.79 Å². The van der Waals surface area contributed by atoms with Crippen molar-refractivity contribution in [1.82, 2.24) is 10.9 Å². The molecular formula is C19H19Cl3N4O3. The summed E-state index contributed by atoms with van der Waals surface area (Å²) in [5.41, 5.74) is 6.53. The maximum absolute atomic E-state index is 12.5. The Balaban J connectivity index is 2.09. The molecule has 0 aliphatic carbocycles. The Morgan fingerprint density at radius 2 is 1.83 bits per heavy atom. The number of anilines is 1. The number of halogens is 3. The number of aliphatic hydroxyl groups excluding tert-OH is 2.